The lowest BCUT2D eigenvalue weighted by Crippen LogP contribution is -2.59. The van der Waals surface area contributed by atoms with Crippen LogP contribution in [0, 0.1) is 0 Å². The van der Waals surface area contributed by atoms with Gasteiger partial charge in [-0.3, -0.25) is 10.7 Å². The van der Waals surface area contributed by atoms with Crippen molar-refractivity contribution in [2.24, 2.45) is 11.6 Å². The van der Waals surface area contributed by atoms with E-state index in [1.54, 1.807) is 5.01 Å². The Morgan fingerprint density at radius 1 is 1.55 bits per heavy atom. The molecule has 1 aliphatic heterocycles. The van der Waals surface area contributed by atoms with Gasteiger partial charge in [-0.2, -0.15) is 0 Å². The molecule has 4 nitrogen and oxygen atoms in total. The first kappa shape index (κ1) is 8.67. The Hall–Kier alpha value is -0.420. The van der Waals surface area contributed by atoms with Gasteiger partial charge in [-0.1, -0.05) is 6.08 Å². The van der Waals surface area contributed by atoms with E-state index in [4.69, 9.17) is 11.6 Å². The highest BCUT2D eigenvalue weighted by Gasteiger charge is 2.19. The van der Waals surface area contributed by atoms with Crippen LogP contribution in [0.25, 0.3) is 0 Å². The number of nitrogens with zero attached hydrogens (tertiary/aromatic N) is 2. The third kappa shape index (κ3) is 2.27. The maximum absolute atomic E-state index is 5.72. The molecule has 0 radical (unpaired) electrons. The fourth-order valence-electron chi connectivity index (χ4n) is 1.23. The zero-order valence-corrected chi connectivity index (χ0v) is 6.74. The molecule has 0 aromatic carbocycles. The molecule has 0 saturated carbocycles. The van der Waals surface area contributed by atoms with Crippen LogP contribution >= 0.6 is 0 Å². The minimum absolute atomic E-state index is 0.0244. The van der Waals surface area contributed by atoms with Crippen LogP contribution in [0.4, 0.5) is 0 Å². The van der Waals surface area contributed by atoms with E-state index in [1.165, 1.54) is 0 Å². The summed E-state index contributed by atoms with van der Waals surface area (Å²) in [5.74, 6) is 5.59. The Morgan fingerprint density at radius 2 is 2.27 bits per heavy atom. The zero-order chi connectivity index (χ0) is 8.27. The summed E-state index contributed by atoms with van der Waals surface area (Å²) in [6, 6.07) is 0. The second kappa shape index (κ2) is 3.82. The Bertz CT molecular complexity index is 136. The predicted octanol–water partition coefficient (Wildman–Crippen LogP) is -1.05. The summed E-state index contributed by atoms with van der Waals surface area (Å²) in [6.07, 6.45) is 1.86. The topological polar surface area (TPSA) is 58.5 Å². The molecule has 64 valence electrons. The molecule has 4 heteroatoms. The van der Waals surface area contributed by atoms with Crippen molar-refractivity contribution in [1.82, 2.24) is 9.91 Å². The van der Waals surface area contributed by atoms with Gasteiger partial charge >= 0.3 is 0 Å². The maximum Gasteiger partial charge on any atom is 0.0834 e. The molecular formula is C7H16N4. The standard InChI is InChI=1S/C7H16N4/c1-2-3-10-4-5-11(9)7(8)6-10/h2,7H,1,3-6,8-9H2. The second-order valence-electron chi connectivity index (χ2n) is 2.85. The molecule has 1 rings (SSSR count). The maximum atomic E-state index is 5.72. The number of hydrogen-bond acceptors (Lipinski definition) is 4. The first-order chi connectivity index (χ1) is 5.24. The van der Waals surface area contributed by atoms with Crippen LogP contribution in [-0.4, -0.2) is 42.3 Å². The molecule has 0 spiro atoms. The van der Waals surface area contributed by atoms with Crippen LogP contribution in [0.1, 0.15) is 0 Å². The van der Waals surface area contributed by atoms with E-state index in [0.29, 0.717) is 0 Å². The molecule has 0 aromatic heterocycles. The SMILES string of the molecule is C=CCN1CCN(N)C(N)C1. The summed E-state index contributed by atoms with van der Waals surface area (Å²) >= 11 is 0. The van der Waals surface area contributed by atoms with Gasteiger partial charge in [0.1, 0.15) is 0 Å². The van der Waals surface area contributed by atoms with Crippen molar-refractivity contribution in [1.29, 1.82) is 0 Å². The average molecular weight is 156 g/mol. The number of hydrogen-bond donors (Lipinski definition) is 2. The van der Waals surface area contributed by atoms with Crippen molar-refractivity contribution < 1.29 is 0 Å². The van der Waals surface area contributed by atoms with Gasteiger partial charge < -0.3 is 5.73 Å². The molecule has 1 aliphatic rings. The van der Waals surface area contributed by atoms with E-state index < -0.39 is 0 Å². The number of nitrogens with two attached hydrogens (primary N) is 2. The van der Waals surface area contributed by atoms with E-state index in [9.17, 15) is 0 Å². The number of piperazine rings is 1. The molecule has 0 bridgehead atoms. The van der Waals surface area contributed by atoms with E-state index in [0.717, 1.165) is 26.2 Å². The molecule has 0 aliphatic carbocycles. The molecule has 0 amide bonds. The van der Waals surface area contributed by atoms with Crippen LogP contribution in [0.3, 0.4) is 0 Å². The Balaban J connectivity index is 2.33. The van der Waals surface area contributed by atoms with E-state index in [-0.39, 0.29) is 6.17 Å². The fourth-order valence-corrected chi connectivity index (χ4v) is 1.23. The number of rotatable bonds is 2. The summed E-state index contributed by atoms with van der Waals surface area (Å²) in [5.41, 5.74) is 5.72. The number of hydrazine groups is 1. The minimum Gasteiger partial charge on any atom is -0.314 e. The average Bonchev–Trinajstić information content (AvgIpc) is 1.98. The van der Waals surface area contributed by atoms with Gasteiger partial charge in [-0.05, 0) is 0 Å². The summed E-state index contributed by atoms with van der Waals surface area (Å²) in [5, 5.41) is 1.68. The highest BCUT2D eigenvalue weighted by atomic mass is 15.5. The predicted molar refractivity (Wildman–Crippen MR) is 45.5 cm³/mol. The summed E-state index contributed by atoms with van der Waals surface area (Å²) < 4.78 is 0. The van der Waals surface area contributed by atoms with Gasteiger partial charge in [0, 0.05) is 26.2 Å². The van der Waals surface area contributed by atoms with Crippen molar-refractivity contribution in [3.8, 4) is 0 Å². The summed E-state index contributed by atoms with van der Waals surface area (Å²) in [7, 11) is 0. The quantitative estimate of drug-likeness (QED) is 0.395. The lowest BCUT2D eigenvalue weighted by molar-refractivity contribution is 0.0853. The van der Waals surface area contributed by atoms with Crippen LogP contribution < -0.4 is 11.6 Å². The first-order valence-electron chi connectivity index (χ1n) is 3.84. The van der Waals surface area contributed by atoms with Crippen LogP contribution in [0.2, 0.25) is 0 Å². The summed E-state index contributed by atoms with van der Waals surface area (Å²) in [4.78, 5) is 2.24. The van der Waals surface area contributed by atoms with E-state index in [1.807, 2.05) is 6.08 Å². The first-order valence-corrected chi connectivity index (χ1v) is 3.84. The van der Waals surface area contributed by atoms with Crippen molar-refractivity contribution in [2.75, 3.05) is 26.2 Å². The Kier molecular flexibility index (Phi) is 3.02. The van der Waals surface area contributed by atoms with Crippen LogP contribution in [-0.2, 0) is 0 Å². The highest BCUT2D eigenvalue weighted by molar-refractivity contribution is 4.80. The van der Waals surface area contributed by atoms with Gasteiger partial charge in [0.2, 0.25) is 0 Å². The fraction of sp³-hybridized carbons (Fsp3) is 0.714. The summed E-state index contributed by atoms with van der Waals surface area (Å²) in [6.45, 7) is 7.24. The Labute approximate surface area is 67.4 Å². The third-order valence-corrected chi connectivity index (χ3v) is 1.93. The van der Waals surface area contributed by atoms with Crippen molar-refractivity contribution in [2.45, 2.75) is 6.17 Å². The van der Waals surface area contributed by atoms with Crippen LogP contribution in [0.5, 0.6) is 0 Å². The van der Waals surface area contributed by atoms with E-state index >= 15 is 0 Å². The molecule has 0 aromatic rings. The highest BCUT2D eigenvalue weighted by Crippen LogP contribution is 2.00. The third-order valence-electron chi connectivity index (χ3n) is 1.93. The van der Waals surface area contributed by atoms with Gasteiger partial charge in [0.05, 0.1) is 6.17 Å². The molecule has 1 saturated heterocycles. The molecule has 4 N–H and O–H groups in total. The van der Waals surface area contributed by atoms with Crippen LogP contribution in [0.15, 0.2) is 12.7 Å². The Morgan fingerprint density at radius 3 is 2.82 bits per heavy atom. The normalized spacial score (nSPS) is 28.7. The van der Waals surface area contributed by atoms with E-state index in [2.05, 4.69) is 11.5 Å². The van der Waals surface area contributed by atoms with Gasteiger partial charge in [0.25, 0.3) is 0 Å². The molecular weight excluding hydrogens is 140 g/mol. The van der Waals surface area contributed by atoms with Gasteiger partial charge in [0.15, 0.2) is 0 Å². The smallest absolute Gasteiger partial charge is 0.0834 e. The monoisotopic (exact) mass is 156 g/mol. The zero-order valence-electron chi connectivity index (χ0n) is 6.74. The van der Waals surface area contributed by atoms with Crippen molar-refractivity contribution in [3.05, 3.63) is 12.7 Å². The molecule has 1 atom stereocenters. The molecule has 1 heterocycles. The largest absolute Gasteiger partial charge is 0.314 e. The molecule has 1 fully saturated rings. The lowest BCUT2D eigenvalue weighted by atomic mass is 10.3. The minimum atomic E-state index is -0.0244. The van der Waals surface area contributed by atoms with Gasteiger partial charge in [-0.15, -0.1) is 6.58 Å². The van der Waals surface area contributed by atoms with Crippen molar-refractivity contribution in [3.63, 3.8) is 0 Å². The van der Waals surface area contributed by atoms with Crippen molar-refractivity contribution >= 4 is 0 Å². The molecule has 11 heavy (non-hydrogen) atoms. The second-order valence-corrected chi connectivity index (χ2v) is 2.85. The molecule has 1 unspecified atom stereocenters. The lowest BCUT2D eigenvalue weighted by Gasteiger charge is -2.36. The van der Waals surface area contributed by atoms with Gasteiger partial charge in [-0.25, -0.2) is 5.01 Å².